The highest BCUT2D eigenvalue weighted by Gasteiger charge is 2.30. The zero-order chi connectivity index (χ0) is 15.5. The molecule has 0 atom stereocenters. The fourth-order valence-corrected chi connectivity index (χ4v) is 2.53. The van der Waals surface area contributed by atoms with Gasteiger partial charge in [0.15, 0.2) is 0 Å². The van der Waals surface area contributed by atoms with Gasteiger partial charge in [0.25, 0.3) is 0 Å². The molecule has 0 N–H and O–H groups in total. The number of nitrogens with zero attached hydrogens (tertiary/aromatic N) is 1. The molecule has 0 aliphatic carbocycles. The van der Waals surface area contributed by atoms with Gasteiger partial charge >= 0.3 is 12.1 Å². The van der Waals surface area contributed by atoms with Crippen molar-refractivity contribution >= 4 is 17.3 Å². The zero-order valence-electron chi connectivity index (χ0n) is 11.1. The van der Waals surface area contributed by atoms with E-state index in [9.17, 15) is 18.0 Å². The number of alkyl halides is 3. The van der Waals surface area contributed by atoms with Gasteiger partial charge in [-0.05, 0) is 19.1 Å². The summed E-state index contributed by atoms with van der Waals surface area (Å²) in [5, 5.41) is 2.09. The predicted molar refractivity (Wildman–Crippen MR) is 72.9 cm³/mol. The van der Waals surface area contributed by atoms with Crippen molar-refractivity contribution in [2.75, 3.05) is 6.61 Å². The van der Waals surface area contributed by atoms with Crippen LogP contribution in [-0.2, 0) is 22.1 Å². The molecule has 0 aliphatic heterocycles. The van der Waals surface area contributed by atoms with E-state index in [0.717, 1.165) is 12.1 Å². The highest BCUT2D eigenvalue weighted by molar-refractivity contribution is 7.13. The molecule has 112 valence electrons. The average Bonchev–Trinajstić information content (AvgIpc) is 2.86. The van der Waals surface area contributed by atoms with Gasteiger partial charge < -0.3 is 4.74 Å². The summed E-state index contributed by atoms with van der Waals surface area (Å²) < 4.78 is 42.8. The Morgan fingerprint density at radius 1 is 1.38 bits per heavy atom. The van der Waals surface area contributed by atoms with Crippen LogP contribution in [0.2, 0.25) is 0 Å². The molecule has 0 amide bonds. The van der Waals surface area contributed by atoms with Crippen LogP contribution in [0.1, 0.15) is 18.2 Å². The van der Waals surface area contributed by atoms with Gasteiger partial charge in [0, 0.05) is 10.9 Å². The molecule has 0 spiro atoms. The Bertz CT molecular complexity index is 637. The third-order valence-electron chi connectivity index (χ3n) is 2.62. The molecule has 0 saturated heterocycles. The second-order valence-corrected chi connectivity index (χ2v) is 5.06. The zero-order valence-corrected chi connectivity index (χ0v) is 11.9. The van der Waals surface area contributed by atoms with Crippen LogP contribution in [0, 0.1) is 0 Å². The van der Waals surface area contributed by atoms with E-state index in [-0.39, 0.29) is 13.0 Å². The van der Waals surface area contributed by atoms with Crippen LogP contribution in [0.4, 0.5) is 13.2 Å². The van der Waals surface area contributed by atoms with Crippen molar-refractivity contribution in [2.45, 2.75) is 19.5 Å². The monoisotopic (exact) mass is 315 g/mol. The van der Waals surface area contributed by atoms with Gasteiger partial charge in [0.2, 0.25) is 0 Å². The number of halogens is 3. The van der Waals surface area contributed by atoms with Crippen LogP contribution in [0.15, 0.2) is 29.6 Å². The molecule has 2 aromatic rings. The Hall–Kier alpha value is -1.89. The molecule has 1 aromatic carbocycles. The van der Waals surface area contributed by atoms with Gasteiger partial charge in [-0.3, -0.25) is 4.79 Å². The van der Waals surface area contributed by atoms with Crippen LogP contribution < -0.4 is 0 Å². The molecule has 1 heterocycles. The van der Waals surface area contributed by atoms with E-state index < -0.39 is 17.7 Å². The first-order chi connectivity index (χ1) is 9.90. The maximum atomic E-state index is 12.7. The molecule has 3 nitrogen and oxygen atoms in total. The molecule has 0 unspecified atom stereocenters. The van der Waals surface area contributed by atoms with Gasteiger partial charge in [0.05, 0.1) is 24.3 Å². The Balaban J connectivity index is 2.20. The van der Waals surface area contributed by atoms with Gasteiger partial charge in [-0.2, -0.15) is 13.2 Å². The van der Waals surface area contributed by atoms with Crippen molar-refractivity contribution in [1.29, 1.82) is 0 Å². The van der Waals surface area contributed by atoms with Crippen molar-refractivity contribution in [1.82, 2.24) is 4.98 Å². The molecule has 1 aromatic heterocycles. The van der Waals surface area contributed by atoms with Crippen molar-refractivity contribution in [3.8, 4) is 10.6 Å². The molecule has 0 bridgehead atoms. The van der Waals surface area contributed by atoms with Crippen LogP contribution in [0.3, 0.4) is 0 Å². The number of esters is 1. The summed E-state index contributed by atoms with van der Waals surface area (Å²) in [7, 11) is 0. The summed E-state index contributed by atoms with van der Waals surface area (Å²) in [6.07, 6.45) is -4.37. The molecule has 0 saturated carbocycles. The van der Waals surface area contributed by atoms with E-state index in [1.807, 2.05) is 0 Å². The summed E-state index contributed by atoms with van der Waals surface area (Å²) in [6, 6.07) is 4.95. The lowest BCUT2D eigenvalue weighted by molar-refractivity contribution is -0.142. The molecular formula is C14H12F3NO2S. The number of hydrogen-bond donors (Lipinski definition) is 0. The highest BCUT2D eigenvalue weighted by atomic mass is 32.1. The third kappa shape index (κ3) is 4.04. The predicted octanol–water partition coefficient (Wildman–Crippen LogP) is 3.93. The Kier molecular flexibility index (Phi) is 4.62. The Morgan fingerprint density at radius 3 is 2.81 bits per heavy atom. The summed E-state index contributed by atoms with van der Waals surface area (Å²) >= 11 is 1.20. The van der Waals surface area contributed by atoms with Gasteiger partial charge in [-0.25, -0.2) is 4.98 Å². The molecule has 0 fully saturated rings. The normalized spacial score (nSPS) is 11.4. The van der Waals surface area contributed by atoms with Crippen molar-refractivity contribution in [3.05, 3.63) is 40.9 Å². The maximum absolute atomic E-state index is 12.7. The molecule has 7 heteroatoms. The largest absolute Gasteiger partial charge is 0.466 e. The minimum absolute atomic E-state index is 0.0172. The third-order valence-corrected chi connectivity index (χ3v) is 3.56. The lowest BCUT2D eigenvalue weighted by Gasteiger charge is -2.07. The van der Waals surface area contributed by atoms with E-state index >= 15 is 0 Å². The average molecular weight is 315 g/mol. The second-order valence-electron chi connectivity index (χ2n) is 4.20. The minimum Gasteiger partial charge on any atom is -0.466 e. The number of hydrogen-bond acceptors (Lipinski definition) is 4. The fraction of sp³-hybridized carbons (Fsp3) is 0.286. The standard InChI is InChI=1S/C14H12F3NO2S/c1-2-20-12(19)7-11-8-21-13(18-11)9-4-3-5-10(6-9)14(15,16)17/h3-6,8H,2,7H2,1H3. The van der Waals surface area contributed by atoms with Crippen LogP contribution in [-0.4, -0.2) is 17.6 Å². The number of ether oxygens (including phenoxy) is 1. The Labute approximate surface area is 123 Å². The molecule has 21 heavy (non-hydrogen) atoms. The summed E-state index contributed by atoms with van der Waals surface area (Å²) in [5.41, 5.74) is 0.151. The topological polar surface area (TPSA) is 39.2 Å². The number of aromatic nitrogens is 1. The number of carbonyl (C=O) groups is 1. The molecular weight excluding hydrogens is 303 g/mol. The van der Waals surface area contributed by atoms with E-state index in [1.54, 1.807) is 18.4 Å². The number of benzene rings is 1. The summed E-state index contributed by atoms with van der Waals surface area (Å²) in [5.74, 6) is -0.404. The van der Waals surface area contributed by atoms with Gasteiger partial charge in [-0.15, -0.1) is 11.3 Å². The maximum Gasteiger partial charge on any atom is 0.416 e. The van der Waals surface area contributed by atoms with E-state index in [1.165, 1.54) is 17.4 Å². The molecule has 0 aliphatic rings. The SMILES string of the molecule is CCOC(=O)Cc1csc(-c2cccc(C(F)(F)F)c2)n1. The lowest BCUT2D eigenvalue weighted by Crippen LogP contribution is -2.07. The van der Waals surface area contributed by atoms with Crippen molar-refractivity contribution < 1.29 is 22.7 Å². The fourth-order valence-electron chi connectivity index (χ4n) is 1.71. The number of thiazole rings is 1. The van der Waals surface area contributed by atoms with Crippen LogP contribution in [0.5, 0.6) is 0 Å². The summed E-state index contributed by atoms with van der Waals surface area (Å²) in [6.45, 7) is 1.98. The first kappa shape index (κ1) is 15.5. The minimum atomic E-state index is -4.39. The first-order valence-corrected chi connectivity index (χ1v) is 7.05. The Morgan fingerprint density at radius 2 is 2.14 bits per heavy atom. The number of rotatable bonds is 4. The lowest BCUT2D eigenvalue weighted by atomic mass is 10.1. The summed E-state index contributed by atoms with van der Waals surface area (Å²) in [4.78, 5) is 15.5. The molecule has 0 radical (unpaired) electrons. The number of carbonyl (C=O) groups excluding carboxylic acids is 1. The van der Waals surface area contributed by atoms with Gasteiger partial charge in [0.1, 0.15) is 5.01 Å². The van der Waals surface area contributed by atoms with Gasteiger partial charge in [-0.1, -0.05) is 12.1 Å². The smallest absolute Gasteiger partial charge is 0.416 e. The molecule has 2 rings (SSSR count). The van der Waals surface area contributed by atoms with Crippen molar-refractivity contribution in [2.24, 2.45) is 0 Å². The van der Waals surface area contributed by atoms with E-state index in [4.69, 9.17) is 4.74 Å². The van der Waals surface area contributed by atoms with Crippen molar-refractivity contribution in [3.63, 3.8) is 0 Å². The highest BCUT2D eigenvalue weighted by Crippen LogP contribution is 2.33. The van der Waals surface area contributed by atoms with Crippen LogP contribution in [0.25, 0.3) is 10.6 Å². The van der Waals surface area contributed by atoms with E-state index in [2.05, 4.69) is 4.98 Å². The van der Waals surface area contributed by atoms with Crippen LogP contribution >= 0.6 is 11.3 Å². The first-order valence-electron chi connectivity index (χ1n) is 6.18. The second kappa shape index (κ2) is 6.26. The van der Waals surface area contributed by atoms with E-state index in [0.29, 0.717) is 16.3 Å². The quantitative estimate of drug-likeness (QED) is 0.802.